The van der Waals surface area contributed by atoms with Gasteiger partial charge in [-0.25, -0.2) is 8.42 Å². The molecule has 0 unspecified atom stereocenters. The smallest absolute Gasteiger partial charge is 0.208 e. The minimum Gasteiger partial charge on any atom is -0.208 e. The fraction of sp³-hybridized carbons (Fsp3) is 0.222. The van der Waals surface area contributed by atoms with Crippen LogP contribution in [0.2, 0.25) is 0 Å². The maximum Gasteiger partial charge on any atom is 0.244 e. The first-order chi connectivity index (χ1) is 7.50. The Labute approximate surface area is 106 Å². The molecule has 0 amide bonds. The minimum atomic E-state index is -2.86. The largest absolute Gasteiger partial charge is 0.244 e. The van der Waals surface area contributed by atoms with Gasteiger partial charge in [0.1, 0.15) is 4.84 Å². The summed E-state index contributed by atoms with van der Waals surface area (Å²) in [6, 6.07) is 6.87. The third-order valence-corrected chi connectivity index (χ3v) is 2.58. The van der Waals surface area contributed by atoms with E-state index in [1.165, 1.54) is 0 Å². The Hall–Kier alpha value is -0.780. The minimum absolute atomic E-state index is 0.437. The molecule has 0 bridgehead atoms. The number of rotatable bonds is 4. The van der Waals surface area contributed by atoms with Crippen molar-refractivity contribution in [3.63, 3.8) is 0 Å². The van der Waals surface area contributed by atoms with Crippen molar-refractivity contribution in [1.82, 2.24) is 0 Å². The molecule has 0 atom stereocenters. The number of alkyl halides is 2. The Balaban J connectivity index is 2.99. The fourth-order valence-electron chi connectivity index (χ4n) is 0.995. The maximum atomic E-state index is 11.0. The lowest BCUT2D eigenvalue weighted by Gasteiger charge is -2.11. The van der Waals surface area contributed by atoms with Gasteiger partial charge in [0.2, 0.25) is 10.9 Å². The van der Waals surface area contributed by atoms with Crippen molar-refractivity contribution in [1.29, 1.82) is 0 Å². The first kappa shape index (κ1) is 13.3. The average molecular weight is 281 g/mol. The van der Waals surface area contributed by atoms with E-state index in [2.05, 4.69) is 5.10 Å². The van der Waals surface area contributed by atoms with Crippen molar-refractivity contribution >= 4 is 46.0 Å². The summed E-state index contributed by atoms with van der Waals surface area (Å²) in [6.07, 6.45) is 1.13. The van der Waals surface area contributed by atoms with Crippen LogP contribution in [0.4, 0.5) is 5.69 Å². The zero-order valence-electron chi connectivity index (χ0n) is 8.38. The van der Waals surface area contributed by atoms with E-state index in [1.54, 1.807) is 24.3 Å². The van der Waals surface area contributed by atoms with Crippen LogP contribution < -0.4 is 4.41 Å². The van der Waals surface area contributed by atoms with E-state index in [0.29, 0.717) is 5.69 Å². The highest BCUT2D eigenvalue weighted by Gasteiger charge is 2.06. The van der Waals surface area contributed by atoms with Crippen LogP contribution in [0.3, 0.4) is 0 Å². The molecule has 4 nitrogen and oxygen atoms in total. The lowest BCUT2D eigenvalue weighted by Crippen LogP contribution is -2.14. The highest BCUT2D eigenvalue weighted by atomic mass is 35.5. The summed E-state index contributed by atoms with van der Waals surface area (Å²) < 4.78 is 22.8. The molecule has 0 aliphatic carbocycles. The lowest BCUT2D eigenvalue weighted by molar-refractivity contribution is 0.611. The molecule has 0 saturated carbocycles. The van der Waals surface area contributed by atoms with Crippen molar-refractivity contribution in [2.24, 2.45) is 5.10 Å². The molecule has 0 heterocycles. The maximum absolute atomic E-state index is 11.0. The molecular formula is C9H10Cl2N2O2S. The van der Waals surface area contributed by atoms with Gasteiger partial charge in [0.05, 0.1) is 11.9 Å². The number of hydrazone groups is 1. The van der Waals surface area contributed by atoms with Gasteiger partial charge in [-0.05, 0) is 19.1 Å². The number of nitrogens with zero attached hydrogens (tertiary/aromatic N) is 2. The van der Waals surface area contributed by atoms with E-state index < -0.39 is 15.7 Å². The highest BCUT2D eigenvalue weighted by Crippen LogP contribution is 2.15. The summed E-state index contributed by atoms with van der Waals surface area (Å²) in [5, 5.41) is 3.67. The Morgan fingerprint density at radius 3 is 2.31 bits per heavy atom. The van der Waals surface area contributed by atoms with Crippen LogP contribution in [0.25, 0.3) is 0 Å². The second-order valence-electron chi connectivity index (χ2n) is 2.96. The summed E-state index contributed by atoms with van der Waals surface area (Å²) in [4.78, 5) is -0.845. The predicted octanol–water partition coefficient (Wildman–Crippen LogP) is 2.12. The fourth-order valence-corrected chi connectivity index (χ4v) is 1.56. The third kappa shape index (κ3) is 4.00. The number of aryl methyl sites for hydroxylation is 1. The lowest BCUT2D eigenvalue weighted by atomic mass is 10.2. The number of hydrogen-bond donors (Lipinski definition) is 1. The number of hydrogen-bond acceptors (Lipinski definition) is 3. The van der Waals surface area contributed by atoms with E-state index >= 15 is 0 Å². The number of anilines is 1. The number of benzene rings is 1. The number of halogens is 2. The Morgan fingerprint density at radius 2 is 1.88 bits per heavy atom. The first-order valence-electron chi connectivity index (χ1n) is 4.34. The second kappa shape index (κ2) is 6.08. The van der Waals surface area contributed by atoms with Crippen molar-refractivity contribution in [2.75, 3.05) is 4.41 Å². The molecule has 0 aliphatic heterocycles. The van der Waals surface area contributed by atoms with E-state index in [-0.39, 0.29) is 0 Å². The molecule has 0 saturated heterocycles. The molecule has 0 spiro atoms. The quantitative estimate of drug-likeness (QED) is 0.398. The van der Waals surface area contributed by atoms with Crippen LogP contribution in [-0.4, -0.2) is 19.5 Å². The summed E-state index contributed by atoms with van der Waals surface area (Å²) in [5.74, 6) is 0. The SMILES string of the molecule is Cc1ccc(N(/N=C/C(Cl)Cl)[SH](=O)=O)cc1. The van der Waals surface area contributed by atoms with Gasteiger partial charge >= 0.3 is 0 Å². The van der Waals surface area contributed by atoms with E-state index in [0.717, 1.165) is 16.2 Å². The molecule has 0 aliphatic rings. The van der Waals surface area contributed by atoms with Crippen molar-refractivity contribution in [3.05, 3.63) is 29.8 Å². The monoisotopic (exact) mass is 280 g/mol. The molecule has 0 N–H and O–H groups in total. The third-order valence-electron chi connectivity index (χ3n) is 1.71. The van der Waals surface area contributed by atoms with E-state index in [9.17, 15) is 8.42 Å². The molecule has 0 radical (unpaired) electrons. The molecule has 1 aromatic rings. The zero-order chi connectivity index (χ0) is 12.1. The van der Waals surface area contributed by atoms with Gasteiger partial charge in [0.15, 0.2) is 0 Å². The van der Waals surface area contributed by atoms with Crippen LogP contribution in [0.15, 0.2) is 29.4 Å². The van der Waals surface area contributed by atoms with E-state index in [4.69, 9.17) is 23.2 Å². The van der Waals surface area contributed by atoms with Gasteiger partial charge in [0, 0.05) is 0 Å². The number of thiol groups is 1. The van der Waals surface area contributed by atoms with Crippen molar-refractivity contribution in [3.8, 4) is 0 Å². The Bertz CT molecular complexity index is 435. The molecule has 0 fully saturated rings. The molecule has 7 heteroatoms. The van der Waals surface area contributed by atoms with Crippen LogP contribution in [-0.2, 0) is 10.9 Å². The second-order valence-corrected chi connectivity index (χ2v) is 4.98. The summed E-state index contributed by atoms with van der Waals surface area (Å²) in [6.45, 7) is 1.90. The van der Waals surface area contributed by atoms with Crippen LogP contribution in [0.5, 0.6) is 0 Å². The average Bonchev–Trinajstić information content (AvgIpc) is 2.20. The van der Waals surface area contributed by atoms with E-state index in [1.807, 2.05) is 6.92 Å². The van der Waals surface area contributed by atoms with Gasteiger partial charge in [-0.2, -0.15) is 9.52 Å². The standard InChI is InChI=1S/C9H10Cl2N2O2S/c1-7-2-4-8(5-3-7)13(16(14)15)12-6-9(10)11/h2-6,9,16H,1H3/b12-6+. The first-order valence-corrected chi connectivity index (χ1v) is 6.34. The Morgan fingerprint density at radius 1 is 1.31 bits per heavy atom. The van der Waals surface area contributed by atoms with Crippen LogP contribution in [0.1, 0.15) is 5.56 Å². The normalized spacial score (nSPS) is 11.6. The van der Waals surface area contributed by atoms with Crippen molar-refractivity contribution < 1.29 is 8.42 Å². The van der Waals surface area contributed by atoms with Gasteiger partial charge in [-0.15, -0.1) is 0 Å². The molecule has 1 aromatic carbocycles. The van der Waals surface area contributed by atoms with Gasteiger partial charge in [-0.1, -0.05) is 40.9 Å². The van der Waals surface area contributed by atoms with Gasteiger partial charge in [0.25, 0.3) is 0 Å². The van der Waals surface area contributed by atoms with Gasteiger partial charge < -0.3 is 0 Å². The molecular weight excluding hydrogens is 271 g/mol. The molecule has 0 aromatic heterocycles. The topological polar surface area (TPSA) is 49.7 Å². The Kier molecular flexibility index (Phi) is 5.05. The van der Waals surface area contributed by atoms with Gasteiger partial charge in [-0.3, -0.25) is 0 Å². The predicted molar refractivity (Wildman–Crippen MR) is 68.0 cm³/mol. The summed E-state index contributed by atoms with van der Waals surface area (Å²) >= 11 is 10.9. The zero-order valence-corrected chi connectivity index (χ0v) is 10.8. The summed E-state index contributed by atoms with van der Waals surface area (Å²) in [7, 11) is -2.86. The molecule has 88 valence electrons. The highest BCUT2D eigenvalue weighted by molar-refractivity contribution is 7.74. The summed E-state index contributed by atoms with van der Waals surface area (Å²) in [5.41, 5.74) is 1.47. The van der Waals surface area contributed by atoms with Crippen molar-refractivity contribution in [2.45, 2.75) is 11.8 Å². The molecule has 16 heavy (non-hydrogen) atoms. The molecule has 1 rings (SSSR count). The van der Waals surface area contributed by atoms with Crippen LogP contribution in [0, 0.1) is 6.92 Å². The van der Waals surface area contributed by atoms with Crippen LogP contribution >= 0.6 is 23.2 Å².